The van der Waals surface area contributed by atoms with Crippen molar-refractivity contribution in [1.82, 2.24) is 14.6 Å². The van der Waals surface area contributed by atoms with Crippen molar-refractivity contribution in [2.24, 2.45) is 5.73 Å². The van der Waals surface area contributed by atoms with E-state index < -0.39 is 10.0 Å². The van der Waals surface area contributed by atoms with Crippen molar-refractivity contribution in [3.05, 3.63) is 23.9 Å². The molecule has 0 unspecified atom stereocenters. The van der Waals surface area contributed by atoms with Gasteiger partial charge in [-0.25, -0.2) is 18.1 Å². The summed E-state index contributed by atoms with van der Waals surface area (Å²) in [6.07, 6.45) is 3.25. The van der Waals surface area contributed by atoms with Crippen molar-refractivity contribution in [1.29, 1.82) is 0 Å². The highest BCUT2D eigenvalue weighted by molar-refractivity contribution is 7.89. The zero-order chi connectivity index (χ0) is 15.9. The van der Waals surface area contributed by atoms with Crippen molar-refractivity contribution in [3.8, 4) is 0 Å². The molecule has 0 radical (unpaired) electrons. The van der Waals surface area contributed by atoms with Crippen LogP contribution in [0.4, 0.5) is 0 Å². The Labute approximate surface area is 127 Å². The molecule has 0 fully saturated rings. The molecule has 6 nitrogen and oxygen atoms in total. The van der Waals surface area contributed by atoms with Gasteiger partial charge in [0.1, 0.15) is 0 Å². The molecule has 3 N–H and O–H groups in total. The minimum atomic E-state index is -3.52. The number of nitrogens with two attached hydrogens (primary N) is 1. The smallest absolute Gasteiger partial charge is 0.258 e. The Bertz CT molecular complexity index is 514. The molecule has 1 rings (SSSR count). The van der Waals surface area contributed by atoms with Crippen LogP contribution in [-0.4, -0.2) is 44.5 Å². The maximum atomic E-state index is 12.0. The molecule has 0 spiro atoms. The molecule has 120 valence electrons. The molecular weight excluding hydrogens is 288 g/mol. The monoisotopic (exact) mass is 314 g/mol. The maximum Gasteiger partial charge on any atom is 0.258 e. The Morgan fingerprint density at radius 2 is 2.05 bits per heavy atom. The lowest BCUT2D eigenvalue weighted by molar-refractivity contribution is 0.268. The number of nitrogens with one attached hydrogen (secondary N) is 1. The number of rotatable bonds is 9. The quantitative estimate of drug-likeness (QED) is 0.662. The highest BCUT2D eigenvalue weighted by Gasteiger charge is 2.14. The predicted octanol–water partition coefficient (Wildman–Crippen LogP) is 0.939. The molecule has 7 heteroatoms. The molecule has 1 aromatic rings. The topological polar surface area (TPSA) is 88.3 Å². The van der Waals surface area contributed by atoms with Crippen LogP contribution in [0, 0.1) is 0 Å². The third kappa shape index (κ3) is 6.09. The van der Waals surface area contributed by atoms with Crippen LogP contribution in [0.1, 0.15) is 32.3 Å². The van der Waals surface area contributed by atoms with Gasteiger partial charge in [0.2, 0.25) is 0 Å². The van der Waals surface area contributed by atoms with Gasteiger partial charge < -0.3 is 10.6 Å². The van der Waals surface area contributed by atoms with E-state index >= 15 is 0 Å². The third-order valence-electron chi connectivity index (χ3n) is 3.42. The van der Waals surface area contributed by atoms with Crippen LogP contribution in [0.15, 0.2) is 23.4 Å². The van der Waals surface area contributed by atoms with Gasteiger partial charge in [-0.3, -0.25) is 0 Å². The van der Waals surface area contributed by atoms with E-state index in [9.17, 15) is 8.42 Å². The summed E-state index contributed by atoms with van der Waals surface area (Å²) in [6, 6.07) is 3.67. The zero-order valence-corrected chi connectivity index (χ0v) is 13.9. The summed E-state index contributed by atoms with van der Waals surface area (Å²) in [6.45, 7) is 6.01. The second-order valence-electron chi connectivity index (χ2n) is 5.39. The van der Waals surface area contributed by atoms with Crippen molar-refractivity contribution in [2.45, 2.75) is 44.3 Å². The van der Waals surface area contributed by atoms with Gasteiger partial charge in [0.05, 0.1) is 0 Å². The van der Waals surface area contributed by atoms with Crippen LogP contribution in [0.3, 0.4) is 0 Å². The summed E-state index contributed by atoms with van der Waals surface area (Å²) >= 11 is 0. The van der Waals surface area contributed by atoms with Gasteiger partial charge in [-0.2, -0.15) is 0 Å². The van der Waals surface area contributed by atoms with Gasteiger partial charge in [0, 0.05) is 25.3 Å². The van der Waals surface area contributed by atoms with Gasteiger partial charge in [-0.15, -0.1) is 0 Å². The molecule has 0 bridgehead atoms. The fourth-order valence-electron chi connectivity index (χ4n) is 1.72. The van der Waals surface area contributed by atoms with Crippen molar-refractivity contribution < 1.29 is 8.42 Å². The van der Waals surface area contributed by atoms with E-state index in [1.54, 1.807) is 6.07 Å². The summed E-state index contributed by atoms with van der Waals surface area (Å²) < 4.78 is 26.6. The Balaban J connectivity index is 2.39. The van der Waals surface area contributed by atoms with Crippen LogP contribution in [0.5, 0.6) is 0 Å². The largest absolute Gasteiger partial charge is 0.326 e. The van der Waals surface area contributed by atoms with E-state index in [-0.39, 0.29) is 5.03 Å². The fraction of sp³-hybridized carbons (Fsp3) is 0.643. The van der Waals surface area contributed by atoms with E-state index in [4.69, 9.17) is 5.73 Å². The first-order valence-corrected chi connectivity index (χ1v) is 8.70. The lowest BCUT2D eigenvalue weighted by Crippen LogP contribution is -2.29. The van der Waals surface area contributed by atoms with E-state index in [2.05, 4.69) is 35.5 Å². The summed E-state index contributed by atoms with van der Waals surface area (Å²) in [7, 11) is -1.45. The minimum absolute atomic E-state index is 0.0407. The molecule has 0 aromatic carbocycles. The summed E-state index contributed by atoms with van der Waals surface area (Å²) in [5, 5.41) is 0.0407. The number of sulfonamides is 1. The van der Waals surface area contributed by atoms with E-state index in [1.165, 1.54) is 12.3 Å². The molecule has 0 aliphatic carbocycles. The number of aromatic nitrogens is 1. The predicted molar refractivity (Wildman–Crippen MR) is 84.3 cm³/mol. The molecule has 0 aliphatic heterocycles. The number of unbranched alkanes of at least 4 members (excludes halogenated alkanes) is 1. The van der Waals surface area contributed by atoms with Crippen molar-refractivity contribution in [3.63, 3.8) is 0 Å². The van der Waals surface area contributed by atoms with Crippen LogP contribution < -0.4 is 10.5 Å². The first-order chi connectivity index (χ1) is 9.86. The molecule has 0 aliphatic rings. The zero-order valence-electron chi connectivity index (χ0n) is 13.0. The Morgan fingerprint density at radius 3 is 2.57 bits per heavy atom. The second-order valence-corrected chi connectivity index (χ2v) is 7.10. The molecule has 0 amide bonds. The SMILES string of the molecule is CC(C)N(C)CCCCNS(=O)(=O)c1ccc(CN)cn1. The number of nitrogens with zero attached hydrogens (tertiary/aromatic N) is 2. The van der Waals surface area contributed by atoms with Crippen LogP contribution in [0.25, 0.3) is 0 Å². The van der Waals surface area contributed by atoms with Gasteiger partial charge >= 0.3 is 0 Å². The summed E-state index contributed by atoms with van der Waals surface area (Å²) in [4.78, 5) is 6.17. The second kappa shape index (κ2) is 8.43. The molecule has 1 heterocycles. The lowest BCUT2D eigenvalue weighted by Gasteiger charge is -2.20. The standard InChI is InChI=1S/C14H26N4O2S/c1-12(2)18(3)9-5-4-8-17-21(19,20)14-7-6-13(10-15)11-16-14/h6-7,11-12,17H,4-5,8-10,15H2,1-3H3. The van der Waals surface area contributed by atoms with E-state index in [0.29, 0.717) is 19.1 Å². The van der Waals surface area contributed by atoms with Crippen molar-refractivity contribution in [2.75, 3.05) is 20.1 Å². The van der Waals surface area contributed by atoms with Crippen molar-refractivity contribution >= 4 is 10.0 Å². The normalized spacial score (nSPS) is 12.3. The first kappa shape index (κ1) is 18.0. The summed E-state index contributed by atoms with van der Waals surface area (Å²) in [5.41, 5.74) is 6.27. The van der Waals surface area contributed by atoms with Gasteiger partial charge in [-0.1, -0.05) is 6.07 Å². The van der Waals surface area contributed by atoms with Gasteiger partial charge in [0.15, 0.2) is 5.03 Å². The Kier molecular flexibility index (Phi) is 7.24. The third-order valence-corrected chi connectivity index (χ3v) is 4.80. The molecule has 21 heavy (non-hydrogen) atoms. The van der Waals surface area contributed by atoms with Gasteiger partial charge in [-0.05, 0) is 51.9 Å². The highest BCUT2D eigenvalue weighted by atomic mass is 32.2. The van der Waals surface area contributed by atoms with Crippen LogP contribution >= 0.6 is 0 Å². The molecule has 0 saturated heterocycles. The van der Waals surface area contributed by atoms with Gasteiger partial charge in [0.25, 0.3) is 10.0 Å². The van der Waals surface area contributed by atoms with E-state index in [0.717, 1.165) is 24.9 Å². The minimum Gasteiger partial charge on any atom is -0.326 e. The number of hydrogen-bond acceptors (Lipinski definition) is 5. The first-order valence-electron chi connectivity index (χ1n) is 7.21. The highest BCUT2D eigenvalue weighted by Crippen LogP contribution is 2.06. The van der Waals surface area contributed by atoms with Crippen LogP contribution in [-0.2, 0) is 16.6 Å². The number of pyridine rings is 1. The fourth-order valence-corrected chi connectivity index (χ4v) is 2.72. The maximum absolute atomic E-state index is 12.0. The molecular formula is C14H26N4O2S. The number of hydrogen-bond donors (Lipinski definition) is 2. The average molecular weight is 314 g/mol. The van der Waals surface area contributed by atoms with E-state index in [1.807, 2.05) is 0 Å². The Hall–Kier alpha value is -1.02. The van der Waals surface area contributed by atoms with Crippen LogP contribution in [0.2, 0.25) is 0 Å². The lowest BCUT2D eigenvalue weighted by atomic mass is 10.2. The summed E-state index contributed by atoms with van der Waals surface area (Å²) in [5.74, 6) is 0. The average Bonchev–Trinajstić information content (AvgIpc) is 2.46. The molecule has 0 saturated carbocycles. The molecule has 0 atom stereocenters. The Morgan fingerprint density at radius 1 is 1.33 bits per heavy atom. The molecule has 1 aromatic heterocycles.